The van der Waals surface area contributed by atoms with Crippen LogP contribution in [0.1, 0.15) is 39.5 Å². The molecule has 0 spiro atoms. The predicted octanol–water partition coefficient (Wildman–Crippen LogP) is 1.38. The number of esters is 3. The number of hydrogen-bond donors (Lipinski definition) is 1. The van der Waals surface area contributed by atoms with Crippen molar-refractivity contribution in [3.63, 3.8) is 0 Å². The van der Waals surface area contributed by atoms with Gasteiger partial charge in [0, 0.05) is 25.3 Å². The van der Waals surface area contributed by atoms with Gasteiger partial charge in [-0.3, -0.25) is 9.59 Å². The lowest BCUT2D eigenvalue weighted by Crippen LogP contribution is -2.53. The van der Waals surface area contributed by atoms with Crippen molar-refractivity contribution in [2.75, 3.05) is 13.2 Å². The van der Waals surface area contributed by atoms with Gasteiger partial charge in [-0.15, -0.1) is 0 Å². The van der Waals surface area contributed by atoms with Crippen molar-refractivity contribution in [3.8, 4) is 0 Å². The Hall–Kier alpha value is -1.89. The Bertz CT molecular complexity index is 627. The van der Waals surface area contributed by atoms with E-state index in [0.29, 0.717) is 24.8 Å². The topological polar surface area (TPSA) is 99.1 Å². The summed E-state index contributed by atoms with van der Waals surface area (Å²) in [5, 5.41) is 10.9. The Balaban J connectivity index is 1.99. The molecule has 1 heterocycles. The number of aliphatic hydroxyl groups is 1. The van der Waals surface area contributed by atoms with Crippen LogP contribution in [0.15, 0.2) is 12.2 Å². The van der Waals surface area contributed by atoms with E-state index in [1.54, 1.807) is 0 Å². The largest absolute Gasteiger partial charge is 0.466 e. The third-order valence-electron chi connectivity index (χ3n) is 6.34. The van der Waals surface area contributed by atoms with E-state index in [0.717, 1.165) is 6.42 Å². The number of fused-ring (bicyclic) bond motifs is 3. The first kappa shape index (κ1) is 18.9. The Morgan fingerprint density at radius 1 is 1.19 bits per heavy atom. The standard InChI is InChI=1S/C19H26O7/c1-10-14-5-4-13(8-24-11(2)20)15-6-7-16(22)19(15,9-25-12(3)21)17(14)26-18(10)23/h13-17,22H,1,4-9H2,2-3H3/t13-,14+,15+,16+,17-,19+/m1/s1. The molecule has 0 aromatic heterocycles. The molecule has 3 aliphatic rings. The van der Waals surface area contributed by atoms with Gasteiger partial charge in [0.15, 0.2) is 0 Å². The summed E-state index contributed by atoms with van der Waals surface area (Å²) in [7, 11) is 0. The van der Waals surface area contributed by atoms with Crippen LogP contribution in [-0.4, -0.2) is 48.4 Å². The zero-order valence-corrected chi connectivity index (χ0v) is 15.2. The minimum Gasteiger partial charge on any atom is -0.466 e. The molecule has 0 aromatic rings. The average Bonchev–Trinajstić information content (AvgIpc) is 3.00. The van der Waals surface area contributed by atoms with Crippen LogP contribution in [0.3, 0.4) is 0 Å². The van der Waals surface area contributed by atoms with E-state index < -0.39 is 29.6 Å². The van der Waals surface area contributed by atoms with Gasteiger partial charge in [-0.1, -0.05) is 6.58 Å². The maximum Gasteiger partial charge on any atom is 0.334 e. The summed E-state index contributed by atoms with van der Waals surface area (Å²) in [6.45, 7) is 6.78. The maximum atomic E-state index is 12.1. The van der Waals surface area contributed by atoms with Gasteiger partial charge < -0.3 is 19.3 Å². The van der Waals surface area contributed by atoms with Gasteiger partial charge in [-0.25, -0.2) is 4.79 Å². The summed E-state index contributed by atoms with van der Waals surface area (Å²) in [6.07, 6.45) is 1.26. The summed E-state index contributed by atoms with van der Waals surface area (Å²) in [5.74, 6) is -1.55. The van der Waals surface area contributed by atoms with Gasteiger partial charge in [-0.2, -0.15) is 0 Å². The monoisotopic (exact) mass is 366 g/mol. The lowest BCUT2D eigenvalue weighted by atomic mass is 9.66. The quantitative estimate of drug-likeness (QED) is 0.456. The van der Waals surface area contributed by atoms with Crippen molar-refractivity contribution in [1.29, 1.82) is 0 Å². The first-order valence-corrected chi connectivity index (χ1v) is 9.12. The zero-order valence-electron chi connectivity index (χ0n) is 15.2. The van der Waals surface area contributed by atoms with Crippen molar-refractivity contribution in [1.82, 2.24) is 0 Å². The van der Waals surface area contributed by atoms with Crippen molar-refractivity contribution in [2.45, 2.75) is 51.7 Å². The second kappa shape index (κ2) is 7.02. The van der Waals surface area contributed by atoms with Gasteiger partial charge in [0.05, 0.1) is 18.1 Å². The fourth-order valence-corrected chi connectivity index (χ4v) is 5.14. The van der Waals surface area contributed by atoms with Crippen molar-refractivity contribution in [3.05, 3.63) is 12.2 Å². The van der Waals surface area contributed by atoms with Crippen LogP contribution >= 0.6 is 0 Å². The summed E-state index contributed by atoms with van der Waals surface area (Å²) < 4.78 is 16.3. The molecule has 7 heteroatoms. The Morgan fingerprint density at radius 2 is 1.88 bits per heavy atom. The highest BCUT2D eigenvalue weighted by Gasteiger charge is 2.64. The minimum absolute atomic E-state index is 0.00344. The van der Waals surface area contributed by atoms with E-state index >= 15 is 0 Å². The number of rotatable bonds is 4. The maximum absolute atomic E-state index is 12.1. The number of ether oxygens (including phenoxy) is 3. The van der Waals surface area contributed by atoms with Gasteiger partial charge in [0.2, 0.25) is 0 Å². The highest BCUT2D eigenvalue weighted by molar-refractivity contribution is 5.91. The second-order valence-electron chi connectivity index (χ2n) is 7.69. The molecular formula is C19H26O7. The van der Waals surface area contributed by atoms with E-state index in [9.17, 15) is 19.5 Å². The lowest BCUT2D eigenvalue weighted by Gasteiger charge is -2.43. The number of carbonyl (C=O) groups excluding carboxylic acids is 3. The van der Waals surface area contributed by atoms with Crippen LogP contribution in [0.5, 0.6) is 0 Å². The smallest absolute Gasteiger partial charge is 0.334 e. The first-order valence-electron chi connectivity index (χ1n) is 9.12. The highest BCUT2D eigenvalue weighted by Crippen LogP contribution is 2.58. The molecule has 1 aliphatic heterocycles. The molecule has 0 bridgehead atoms. The number of carbonyl (C=O) groups is 3. The van der Waals surface area contributed by atoms with E-state index in [1.807, 2.05) is 0 Å². The van der Waals surface area contributed by atoms with Crippen LogP contribution in [0.4, 0.5) is 0 Å². The number of hydrogen-bond acceptors (Lipinski definition) is 7. The average molecular weight is 366 g/mol. The fourth-order valence-electron chi connectivity index (χ4n) is 5.14. The molecule has 7 nitrogen and oxygen atoms in total. The molecule has 0 aromatic carbocycles. The molecule has 1 N–H and O–H groups in total. The normalized spacial score (nSPS) is 38.8. The minimum atomic E-state index is -0.896. The van der Waals surface area contributed by atoms with E-state index in [2.05, 4.69) is 6.58 Å². The molecule has 144 valence electrons. The highest BCUT2D eigenvalue weighted by atomic mass is 16.6. The van der Waals surface area contributed by atoms with Crippen LogP contribution in [0.2, 0.25) is 0 Å². The number of aliphatic hydroxyl groups excluding tert-OH is 1. The summed E-state index contributed by atoms with van der Waals surface area (Å²) in [4.78, 5) is 34.9. The fraction of sp³-hybridized carbons (Fsp3) is 0.737. The van der Waals surface area contributed by atoms with Crippen LogP contribution in [0, 0.1) is 23.2 Å². The summed E-state index contributed by atoms with van der Waals surface area (Å²) in [6, 6.07) is 0. The Labute approximate surface area is 152 Å². The third kappa shape index (κ3) is 3.02. The summed E-state index contributed by atoms with van der Waals surface area (Å²) >= 11 is 0. The van der Waals surface area contributed by atoms with E-state index in [1.165, 1.54) is 13.8 Å². The van der Waals surface area contributed by atoms with Crippen LogP contribution in [0.25, 0.3) is 0 Å². The Morgan fingerprint density at radius 3 is 2.54 bits per heavy atom. The van der Waals surface area contributed by atoms with Gasteiger partial charge >= 0.3 is 17.9 Å². The lowest BCUT2D eigenvalue weighted by molar-refractivity contribution is -0.172. The van der Waals surface area contributed by atoms with Crippen LogP contribution in [-0.2, 0) is 28.6 Å². The third-order valence-corrected chi connectivity index (χ3v) is 6.34. The molecule has 3 fully saturated rings. The summed E-state index contributed by atoms with van der Waals surface area (Å²) in [5.41, 5.74) is -0.490. The Kier molecular flexibility index (Phi) is 5.10. The molecule has 0 unspecified atom stereocenters. The molecule has 2 aliphatic carbocycles. The van der Waals surface area contributed by atoms with Gasteiger partial charge in [0.25, 0.3) is 0 Å². The zero-order chi connectivity index (χ0) is 19.1. The molecular weight excluding hydrogens is 340 g/mol. The van der Waals surface area contributed by atoms with E-state index in [4.69, 9.17) is 14.2 Å². The first-order chi connectivity index (χ1) is 12.3. The molecule has 1 saturated heterocycles. The molecule has 2 saturated carbocycles. The van der Waals surface area contributed by atoms with Crippen molar-refractivity contribution < 1.29 is 33.7 Å². The molecule has 6 atom stereocenters. The van der Waals surface area contributed by atoms with E-state index in [-0.39, 0.29) is 36.9 Å². The van der Waals surface area contributed by atoms with Crippen molar-refractivity contribution in [2.24, 2.45) is 23.2 Å². The molecule has 3 rings (SSSR count). The second-order valence-corrected chi connectivity index (χ2v) is 7.69. The molecule has 26 heavy (non-hydrogen) atoms. The van der Waals surface area contributed by atoms with Crippen molar-refractivity contribution >= 4 is 17.9 Å². The van der Waals surface area contributed by atoms with Gasteiger partial charge in [-0.05, 0) is 37.5 Å². The predicted molar refractivity (Wildman–Crippen MR) is 89.7 cm³/mol. The van der Waals surface area contributed by atoms with Crippen LogP contribution < -0.4 is 0 Å². The SMILES string of the molecule is C=C1C(=O)O[C@@H]2[C@H]1CC[C@H](COC(C)=O)[C@@H]1CC[C@H](O)[C@@]21COC(C)=O. The van der Waals surface area contributed by atoms with Gasteiger partial charge in [0.1, 0.15) is 12.7 Å². The molecule has 0 radical (unpaired) electrons. The molecule has 0 amide bonds.